The number of hydrogen-bond donors (Lipinski definition) is 0. The van der Waals surface area contributed by atoms with Crippen molar-refractivity contribution in [3.63, 3.8) is 0 Å². The van der Waals surface area contributed by atoms with E-state index in [2.05, 4.69) is 52.8 Å². The maximum Gasteiger partial charge on any atom is 0.331 e. The Labute approximate surface area is 166 Å². The van der Waals surface area contributed by atoms with Crippen molar-refractivity contribution in [2.45, 2.75) is 80.1 Å². The third-order valence-electron chi connectivity index (χ3n) is 5.11. The van der Waals surface area contributed by atoms with E-state index in [-0.39, 0.29) is 11.4 Å². The van der Waals surface area contributed by atoms with E-state index < -0.39 is 0 Å². The van der Waals surface area contributed by atoms with Crippen LogP contribution in [0.15, 0.2) is 58.7 Å². The monoisotopic (exact) mass is 370 g/mol. The molecule has 1 aliphatic rings. The first-order chi connectivity index (χ1) is 12.8. The molecule has 2 heteroatoms. The van der Waals surface area contributed by atoms with E-state index in [1.807, 2.05) is 19.1 Å². The average Bonchev–Trinajstić information content (AvgIpc) is 2.57. The van der Waals surface area contributed by atoms with Crippen LogP contribution in [0.2, 0.25) is 0 Å². The van der Waals surface area contributed by atoms with Gasteiger partial charge in [0.05, 0.1) is 6.61 Å². The van der Waals surface area contributed by atoms with Gasteiger partial charge < -0.3 is 4.74 Å². The first kappa shape index (κ1) is 23.2. The molecule has 0 saturated heterocycles. The third-order valence-corrected chi connectivity index (χ3v) is 5.11. The van der Waals surface area contributed by atoms with E-state index in [4.69, 9.17) is 4.74 Å². The summed E-state index contributed by atoms with van der Waals surface area (Å²) in [5.41, 5.74) is 5.36. The number of ether oxygens (including phenoxy) is 1. The number of carbonyl (C=O) groups excluding carboxylic acids is 1. The van der Waals surface area contributed by atoms with E-state index in [1.54, 1.807) is 6.08 Å². The predicted molar refractivity (Wildman–Crippen MR) is 117 cm³/mol. The van der Waals surface area contributed by atoms with Gasteiger partial charge in [-0.2, -0.15) is 0 Å². The zero-order chi connectivity index (χ0) is 20.3. The number of rotatable bonds is 9. The van der Waals surface area contributed by atoms with Crippen molar-refractivity contribution >= 4 is 5.97 Å². The lowest BCUT2D eigenvalue weighted by Crippen LogP contribution is -2.19. The van der Waals surface area contributed by atoms with E-state index in [9.17, 15) is 4.79 Å². The third kappa shape index (κ3) is 9.08. The van der Waals surface area contributed by atoms with Crippen molar-refractivity contribution in [1.82, 2.24) is 0 Å². The normalized spacial score (nSPS) is 18.6. The second-order valence-electron chi connectivity index (χ2n) is 8.30. The van der Waals surface area contributed by atoms with Crippen LogP contribution < -0.4 is 0 Å². The lowest BCUT2D eigenvalue weighted by atomic mass is 9.72. The molecule has 0 aromatic heterocycles. The number of hydrogen-bond acceptors (Lipinski definition) is 2. The van der Waals surface area contributed by atoms with Crippen LogP contribution >= 0.6 is 0 Å². The van der Waals surface area contributed by atoms with Crippen LogP contribution in [0.3, 0.4) is 0 Å². The SMILES string of the molecule is CCCCCOC(=O)/C=C(C)/C=C/C=C(C)/C=C/C1=C(C)CCCC1(C)C. The molecule has 0 unspecified atom stereocenters. The van der Waals surface area contributed by atoms with Gasteiger partial charge in [-0.1, -0.05) is 75.1 Å². The van der Waals surface area contributed by atoms with E-state index in [1.165, 1.54) is 36.0 Å². The Morgan fingerprint density at radius 1 is 1.15 bits per heavy atom. The van der Waals surface area contributed by atoms with Crippen molar-refractivity contribution in [3.8, 4) is 0 Å². The Hall–Kier alpha value is -1.83. The lowest BCUT2D eigenvalue weighted by molar-refractivity contribution is -0.137. The molecule has 0 amide bonds. The first-order valence-electron chi connectivity index (χ1n) is 10.3. The molecule has 0 aliphatic heterocycles. The summed E-state index contributed by atoms with van der Waals surface area (Å²) in [5.74, 6) is -0.254. The quantitative estimate of drug-likeness (QED) is 0.185. The molecule has 0 bridgehead atoms. The molecule has 27 heavy (non-hydrogen) atoms. The molecule has 0 heterocycles. The van der Waals surface area contributed by atoms with Gasteiger partial charge in [0.1, 0.15) is 0 Å². The Kier molecular flexibility index (Phi) is 10.1. The van der Waals surface area contributed by atoms with Gasteiger partial charge in [0, 0.05) is 6.08 Å². The van der Waals surface area contributed by atoms with Crippen LogP contribution in [0, 0.1) is 5.41 Å². The van der Waals surface area contributed by atoms with E-state index >= 15 is 0 Å². The van der Waals surface area contributed by atoms with Gasteiger partial charge in [-0.15, -0.1) is 0 Å². The predicted octanol–water partition coefficient (Wildman–Crippen LogP) is 7.25. The molecule has 0 radical (unpaired) electrons. The molecular weight excluding hydrogens is 332 g/mol. The van der Waals surface area contributed by atoms with Gasteiger partial charge >= 0.3 is 5.97 Å². The average molecular weight is 371 g/mol. The number of carbonyl (C=O) groups is 1. The molecule has 0 spiro atoms. The second kappa shape index (κ2) is 11.8. The molecule has 1 rings (SSSR count). The zero-order valence-corrected chi connectivity index (χ0v) is 18.2. The number of allylic oxidation sites excluding steroid dienone is 9. The van der Waals surface area contributed by atoms with Crippen LogP contribution in [0.4, 0.5) is 0 Å². The standard InChI is InChI=1S/C25H38O2/c1-7-8-9-18-27-24(26)19-21(3)13-10-12-20(2)15-16-23-22(4)14-11-17-25(23,5)6/h10,12-13,15-16,19H,7-9,11,14,17-18H2,1-6H3/b13-10+,16-15+,20-12+,21-19+. The minimum atomic E-state index is -0.254. The Bertz CT molecular complexity index is 639. The maximum absolute atomic E-state index is 11.7. The molecule has 150 valence electrons. The van der Waals surface area contributed by atoms with Crippen molar-refractivity contribution in [3.05, 3.63) is 58.7 Å². The lowest BCUT2D eigenvalue weighted by Gasteiger charge is -2.32. The summed E-state index contributed by atoms with van der Waals surface area (Å²) in [4.78, 5) is 11.7. The Balaban J connectivity index is 2.60. The largest absolute Gasteiger partial charge is 0.463 e. The minimum Gasteiger partial charge on any atom is -0.463 e. The van der Waals surface area contributed by atoms with Crippen LogP contribution in [-0.4, -0.2) is 12.6 Å². The first-order valence-corrected chi connectivity index (χ1v) is 10.3. The summed E-state index contributed by atoms with van der Waals surface area (Å²) in [6.07, 6.45) is 19.0. The van der Waals surface area contributed by atoms with Gasteiger partial charge in [0.2, 0.25) is 0 Å². The summed E-state index contributed by atoms with van der Waals surface area (Å²) in [6.45, 7) is 13.6. The molecular formula is C25H38O2. The number of esters is 1. The van der Waals surface area contributed by atoms with Gasteiger partial charge in [0.25, 0.3) is 0 Å². The van der Waals surface area contributed by atoms with Crippen LogP contribution in [-0.2, 0) is 9.53 Å². The maximum atomic E-state index is 11.7. The molecule has 0 aromatic rings. The molecule has 0 aromatic carbocycles. The molecule has 2 nitrogen and oxygen atoms in total. The molecule has 1 aliphatic carbocycles. The summed E-state index contributed by atoms with van der Waals surface area (Å²) < 4.78 is 5.20. The fraction of sp³-hybridized carbons (Fsp3) is 0.560. The minimum absolute atomic E-state index is 0.254. The van der Waals surface area contributed by atoms with Crippen molar-refractivity contribution in [1.29, 1.82) is 0 Å². The van der Waals surface area contributed by atoms with Crippen molar-refractivity contribution < 1.29 is 9.53 Å². The highest BCUT2D eigenvalue weighted by Crippen LogP contribution is 2.40. The number of unbranched alkanes of at least 4 members (excludes halogenated alkanes) is 2. The van der Waals surface area contributed by atoms with Crippen molar-refractivity contribution in [2.24, 2.45) is 5.41 Å². The van der Waals surface area contributed by atoms with Gasteiger partial charge in [0.15, 0.2) is 0 Å². The van der Waals surface area contributed by atoms with Crippen molar-refractivity contribution in [2.75, 3.05) is 6.61 Å². The Morgan fingerprint density at radius 2 is 1.89 bits per heavy atom. The highest BCUT2D eigenvalue weighted by Gasteiger charge is 2.26. The van der Waals surface area contributed by atoms with Gasteiger partial charge in [-0.05, 0) is 63.0 Å². The summed E-state index contributed by atoms with van der Waals surface area (Å²) >= 11 is 0. The highest BCUT2D eigenvalue weighted by molar-refractivity contribution is 5.83. The van der Waals surface area contributed by atoms with Crippen LogP contribution in [0.25, 0.3) is 0 Å². The summed E-state index contributed by atoms with van der Waals surface area (Å²) in [7, 11) is 0. The smallest absolute Gasteiger partial charge is 0.331 e. The summed E-state index contributed by atoms with van der Waals surface area (Å²) in [5, 5.41) is 0. The fourth-order valence-corrected chi connectivity index (χ4v) is 3.43. The topological polar surface area (TPSA) is 26.3 Å². The van der Waals surface area contributed by atoms with Gasteiger partial charge in [-0.3, -0.25) is 0 Å². The molecule has 0 saturated carbocycles. The van der Waals surface area contributed by atoms with Crippen LogP contribution in [0.1, 0.15) is 80.1 Å². The molecule has 0 atom stereocenters. The Morgan fingerprint density at radius 3 is 2.56 bits per heavy atom. The van der Waals surface area contributed by atoms with Gasteiger partial charge in [-0.25, -0.2) is 4.79 Å². The van der Waals surface area contributed by atoms with Crippen LogP contribution in [0.5, 0.6) is 0 Å². The fourth-order valence-electron chi connectivity index (χ4n) is 3.43. The van der Waals surface area contributed by atoms with E-state index in [0.29, 0.717) is 6.61 Å². The molecule has 0 fully saturated rings. The zero-order valence-electron chi connectivity index (χ0n) is 18.2. The summed E-state index contributed by atoms with van der Waals surface area (Å²) in [6, 6.07) is 0. The second-order valence-corrected chi connectivity index (χ2v) is 8.30. The van der Waals surface area contributed by atoms with E-state index in [0.717, 1.165) is 24.8 Å². The molecule has 0 N–H and O–H groups in total. The highest BCUT2D eigenvalue weighted by atomic mass is 16.5.